The summed E-state index contributed by atoms with van der Waals surface area (Å²) in [5.41, 5.74) is 8.14. The predicted molar refractivity (Wildman–Crippen MR) is 169 cm³/mol. The maximum absolute atomic E-state index is 5.19. The summed E-state index contributed by atoms with van der Waals surface area (Å²) in [6, 6.07) is 37.8. The van der Waals surface area contributed by atoms with Gasteiger partial charge in [-0.05, 0) is 24.3 Å². The van der Waals surface area contributed by atoms with Crippen molar-refractivity contribution in [3.05, 3.63) is 134 Å². The molecule has 0 aliphatic rings. The number of rotatable bonds is 3. The van der Waals surface area contributed by atoms with E-state index in [1.54, 1.807) is 6.33 Å². The third-order valence-corrected chi connectivity index (χ3v) is 8.13. The molecule has 0 fully saturated rings. The minimum atomic E-state index is 0.752. The molecule has 0 saturated carbocycles. The molecule has 4 heterocycles. The lowest BCUT2D eigenvalue weighted by Gasteiger charge is -2.13. The minimum Gasteiger partial charge on any atom is -0.307 e. The molecule has 5 aromatic carbocycles. The Hall–Kier alpha value is -5.88. The zero-order valence-corrected chi connectivity index (χ0v) is 22.4. The van der Waals surface area contributed by atoms with E-state index in [0.29, 0.717) is 0 Å². The van der Waals surface area contributed by atoms with Crippen molar-refractivity contribution in [2.75, 3.05) is 0 Å². The van der Waals surface area contributed by atoms with Gasteiger partial charge in [0.05, 0.1) is 45.7 Å². The summed E-state index contributed by atoms with van der Waals surface area (Å²) < 4.78 is 4.62. The van der Waals surface area contributed by atoms with E-state index in [9.17, 15) is 0 Å². The van der Waals surface area contributed by atoms with Gasteiger partial charge in [0.2, 0.25) is 0 Å². The van der Waals surface area contributed by atoms with Crippen molar-refractivity contribution in [1.82, 2.24) is 29.1 Å². The highest BCUT2D eigenvalue weighted by molar-refractivity contribution is 6.35. The number of fused-ring (bicyclic) bond motifs is 10. The minimum absolute atomic E-state index is 0.752. The lowest BCUT2D eigenvalue weighted by molar-refractivity contribution is 1.04. The fraction of sp³-hybridized carbons (Fsp3) is 0. The Balaban J connectivity index is 1.57. The highest BCUT2D eigenvalue weighted by Crippen LogP contribution is 2.45. The van der Waals surface area contributed by atoms with Crippen LogP contribution < -0.4 is 0 Å². The van der Waals surface area contributed by atoms with Crippen LogP contribution in [-0.2, 0) is 0 Å². The van der Waals surface area contributed by atoms with Crippen LogP contribution in [0.2, 0.25) is 0 Å². The van der Waals surface area contributed by atoms with Crippen LogP contribution in [0.3, 0.4) is 0 Å². The second kappa shape index (κ2) is 8.81. The van der Waals surface area contributed by atoms with Crippen molar-refractivity contribution in [2.24, 2.45) is 0 Å². The maximum Gasteiger partial charge on any atom is 0.156 e. The summed E-state index contributed by atoms with van der Waals surface area (Å²) in [6.07, 6.45) is 7.27. The Morgan fingerprint density at radius 3 is 1.93 bits per heavy atom. The lowest BCUT2D eigenvalue weighted by Crippen LogP contribution is -2.02. The summed E-state index contributed by atoms with van der Waals surface area (Å²) >= 11 is 0. The molecule has 0 bridgehead atoms. The first kappa shape index (κ1) is 22.9. The fourth-order valence-electron chi connectivity index (χ4n) is 6.45. The summed E-state index contributed by atoms with van der Waals surface area (Å²) in [5, 5.41) is 5.47. The molecule has 0 spiro atoms. The zero-order chi connectivity index (χ0) is 27.6. The second-order valence-corrected chi connectivity index (χ2v) is 10.4. The van der Waals surface area contributed by atoms with Gasteiger partial charge in [-0.15, -0.1) is 0 Å². The molecule has 196 valence electrons. The molecule has 0 amide bonds. The third kappa shape index (κ3) is 3.14. The second-order valence-electron chi connectivity index (χ2n) is 10.4. The summed E-state index contributed by atoms with van der Waals surface area (Å²) in [5.74, 6) is 0.752. The van der Waals surface area contributed by atoms with Crippen LogP contribution in [-0.4, -0.2) is 29.1 Å². The Kier molecular flexibility index (Phi) is 4.80. The first-order chi connectivity index (χ1) is 20.9. The molecule has 0 atom stereocenters. The SMILES string of the molecule is c1ccc(-c2cncc(-n3c4ccccc4c4c5ncncc5c5c6ccccc6n(-c6ccccc6)c5c43)n2)cc1. The van der Waals surface area contributed by atoms with Gasteiger partial charge in [-0.2, -0.15) is 0 Å². The quantitative estimate of drug-likeness (QED) is 0.227. The van der Waals surface area contributed by atoms with Crippen molar-refractivity contribution in [2.45, 2.75) is 0 Å². The van der Waals surface area contributed by atoms with Crippen LogP contribution in [0.15, 0.2) is 134 Å². The Labute approximate surface area is 240 Å². The maximum atomic E-state index is 5.19. The molecule has 42 heavy (non-hydrogen) atoms. The van der Waals surface area contributed by atoms with Crippen LogP contribution >= 0.6 is 0 Å². The van der Waals surface area contributed by atoms with E-state index in [4.69, 9.17) is 9.97 Å². The monoisotopic (exact) mass is 538 g/mol. The van der Waals surface area contributed by atoms with Crippen molar-refractivity contribution in [3.63, 3.8) is 0 Å². The normalized spacial score (nSPS) is 11.8. The molecule has 9 rings (SSSR count). The summed E-state index contributed by atoms with van der Waals surface area (Å²) in [6.45, 7) is 0. The van der Waals surface area contributed by atoms with Gasteiger partial charge in [0.1, 0.15) is 6.33 Å². The van der Waals surface area contributed by atoms with Gasteiger partial charge in [0.15, 0.2) is 5.82 Å². The van der Waals surface area contributed by atoms with Crippen LogP contribution in [0.4, 0.5) is 0 Å². The predicted octanol–water partition coefficient (Wildman–Crippen LogP) is 8.28. The Bertz CT molecular complexity index is 2460. The van der Waals surface area contributed by atoms with Crippen molar-refractivity contribution in [3.8, 4) is 22.8 Å². The molecular weight excluding hydrogens is 516 g/mol. The first-order valence-electron chi connectivity index (χ1n) is 13.9. The zero-order valence-electron chi connectivity index (χ0n) is 22.4. The molecule has 6 heteroatoms. The number of benzene rings is 5. The molecule has 0 radical (unpaired) electrons. The number of hydrogen-bond donors (Lipinski definition) is 0. The van der Waals surface area contributed by atoms with E-state index in [1.807, 2.05) is 36.8 Å². The van der Waals surface area contributed by atoms with Crippen LogP contribution in [0.5, 0.6) is 0 Å². The van der Waals surface area contributed by atoms with Crippen LogP contribution in [0.1, 0.15) is 0 Å². The van der Waals surface area contributed by atoms with E-state index in [0.717, 1.165) is 77.3 Å². The van der Waals surface area contributed by atoms with Gasteiger partial charge in [-0.3, -0.25) is 9.55 Å². The number of aromatic nitrogens is 6. The van der Waals surface area contributed by atoms with E-state index in [1.165, 1.54) is 0 Å². The number of nitrogens with zero attached hydrogens (tertiary/aromatic N) is 6. The average molecular weight is 539 g/mol. The largest absolute Gasteiger partial charge is 0.307 e. The highest BCUT2D eigenvalue weighted by Gasteiger charge is 2.25. The van der Waals surface area contributed by atoms with Gasteiger partial charge in [-0.25, -0.2) is 15.0 Å². The molecular formula is C36H22N6. The molecule has 0 N–H and O–H groups in total. The van der Waals surface area contributed by atoms with Crippen LogP contribution in [0, 0.1) is 0 Å². The third-order valence-electron chi connectivity index (χ3n) is 8.13. The van der Waals surface area contributed by atoms with Crippen molar-refractivity contribution in [1.29, 1.82) is 0 Å². The first-order valence-corrected chi connectivity index (χ1v) is 13.9. The van der Waals surface area contributed by atoms with E-state index < -0.39 is 0 Å². The molecule has 0 aliphatic carbocycles. The van der Waals surface area contributed by atoms with Crippen molar-refractivity contribution < 1.29 is 0 Å². The number of hydrogen-bond acceptors (Lipinski definition) is 4. The van der Waals surface area contributed by atoms with Gasteiger partial charge in [0.25, 0.3) is 0 Å². The fourth-order valence-corrected chi connectivity index (χ4v) is 6.45. The smallest absolute Gasteiger partial charge is 0.156 e. The van der Waals surface area contributed by atoms with E-state index >= 15 is 0 Å². The lowest BCUT2D eigenvalue weighted by atomic mass is 10.0. The molecule has 0 saturated heterocycles. The average Bonchev–Trinajstić information content (AvgIpc) is 3.60. The topological polar surface area (TPSA) is 61.4 Å². The molecule has 6 nitrogen and oxygen atoms in total. The van der Waals surface area contributed by atoms with Crippen molar-refractivity contribution >= 4 is 54.5 Å². The van der Waals surface area contributed by atoms with Gasteiger partial charge >= 0.3 is 0 Å². The highest BCUT2D eigenvalue weighted by atomic mass is 15.1. The summed E-state index contributed by atoms with van der Waals surface area (Å²) in [7, 11) is 0. The van der Waals surface area contributed by atoms with Gasteiger partial charge in [-0.1, -0.05) is 84.9 Å². The molecule has 0 unspecified atom stereocenters. The Morgan fingerprint density at radius 2 is 1.14 bits per heavy atom. The molecule has 4 aromatic heterocycles. The van der Waals surface area contributed by atoms with Gasteiger partial charge < -0.3 is 4.57 Å². The standard InChI is InChI=1S/C36H22N6/c1-3-11-23(12-4-1)28-20-37-21-31(40-28)42-30-18-10-8-16-26(30)33-34-27(19-38-22-39-34)32-25-15-7-9-17-29(25)41(35(32)36(33)42)24-13-5-2-6-14-24/h1-22H. The van der Waals surface area contributed by atoms with Crippen LogP contribution in [0.25, 0.3) is 77.3 Å². The molecule has 9 aromatic rings. The molecule has 0 aliphatic heterocycles. The van der Waals surface area contributed by atoms with Gasteiger partial charge in [0, 0.05) is 44.4 Å². The Morgan fingerprint density at radius 1 is 0.500 bits per heavy atom. The number of para-hydroxylation sites is 3. The van der Waals surface area contributed by atoms with E-state index in [2.05, 4.69) is 110 Å². The summed E-state index contributed by atoms with van der Waals surface area (Å²) in [4.78, 5) is 19.3. The van der Waals surface area contributed by atoms with E-state index in [-0.39, 0.29) is 0 Å².